The number of anilines is 1. The molecule has 4 saturated carbocycles. The number of aliphatic hydroxyl groups is 1. The monoisotopic (exact) mass is 1050 g/mol. The van der Waals surface area contributed by atoms with Crippen molar-refractivity contribution >= 4 is 236 Å². The lowest BCUT2D eigenvalue weighted by molar-refractivity contribution is -0.129. The molecule has 2 aromatic carbocycles. The minimum absolute atomic E-state index is 0.0778. The molecule has 0 aromatic heterocycles. The lowest BCUT2D eigenvalue weighted by Gasteiger charge is -2.61. The van der Waals surface area contributed by atoms with E-state index >= 15 is 0 Å². The summed E-state index contributed by atoms with van der Waals surface area (Å²) in [6, 6.07) is 16.1. The zero-order valence-electron chi connectivity index (χ0n) is 49.6. The molecule has 38 heteroatoms. The van der Waals surface area contributed by atoms with Gasteiger partial charge in [0.2, 0.25) is 11.8 Å². The number of benzene rings is 2. The predicted octanol–water partition coefficient (Wildman–Crippen LogP) is -4.83. The maximum Gasteiger partial charge on any atom is 0.488 e. The number of aliphatic hydroxyl groups excluding tert-OH is 1. The topological polar surface area (TPSA) is 122 Å². The lowest BCUT2D eigenvalue weighted by atomic mass is 8.32. The Labute approximate surface area is 522 Å². The Morgan fingerprint density at radius 1 is 0.671 bits per heavy atom. The van der Waals surface area contributed by atoms with Crippen LogP contribution in [0, 0.1) is 46.3 Å². The van der Waals surface area contributed by atoms with Crippen molar-refractivity contribution < 1.29 is 24.7 Å². The fourth-order valence-corrected chi connectivity index (χ4v) is 16.5. The van der Waals surface area contributed by atoms with Gasteiger partial charge in [-0.05, 0) is 160 Å². The number of likely N-dealkylation sites (N-methyl/N-ethyl adjacent to an activating group) is 1. The van der Waals surface area contributed by atoms with Crippen LogP contribution in [-0.4, -0.2) is 266 Å². The summed E-state index contributed by atoms with van der Waals surface area (Å²) in [5.41, 5.74) is 2.61. The largest absolute Gasteiger partial charge is 0.488 e. The first-order valence-electron chi connectivity index (χ1n) is 30.2. The normalized spacial score (nSPS) is 23.8. The van der Waals surface area contributed by atoms with Crippen molar-refractivity contribution in [2.75, 3.05) is 18.5 Å². The first kappa shape index (κ1) is 71.9. The average Bonchev–Trinajstić information content (AvgIpc) is 1.56. The molecule has 82 heavy (non-hydrogen) atoms. The molecule has 8 nitrogen and oxygen atoms in total. The molecule has 0 bridgehead atoms. The van der Waals surface area contributed by atoms with E-state index in [4.69, 9.17) is 116 Å². The van der Waals surface area contributed by atoms with Gasteiger partial charge < -0.3 is 30.7 Å². The Hall–Kier alpha value is -0.832. The van der Waals surface area contributed by atoms with Gasteiger partial charge in [0.1, 0.15) is 0 Å². The van der Waals surface area contributed by atoms with Gasteiger partial charge in [-0.25, -0.2) is 0 Å². The van der Waals surface area contributed by atoms with E-state index in [0.29, 0.717) is 59.0 Å². The summed E-state index contributed by atoms with van der Waals surface area (Å²) in [4.78, 5) is 28.6. The van der Waals surface area contributed by atoms with E-state index in [-0.39, 0.29) is 24.5 Å². The van der Waals surface area contributed by atoms with Crippen molar-refractivity contribution in [3.8, 4) is 0 Å². The van der Waals surface area contributed by atoms with Crippen LogP contribution < -0.4 is 21.0 Å². The van der Waals surface area contributed by atoms with Crippen molar-refractivity contribution in [3.63, 3.8) is 0 Å². The van der Waals surface area contributed by atoms with Crippen LogP contribution in [0.2, 0.25) is 0 Å². The molecule has 0 spiro atoms. The second-order valence-electron chi connectivity index (χ2n) is 25.5. The molecule has 4 fully saturated rings. The third-order valence-electron chi connectivity index (χ3n) is 20.7. The smallest absolute Gasteiger partial charge is 0.423 e. The molecule has 0 saturated heterocycles. The van der Waals surface area contributed by atoms with Gasteiger partial charge >= 0.3 is 7.12 Å². The van der Waals surface area contributed by atoms with Gasteiger partial charge in [0.15, 0.2) is 0 Å². The van der Waals surface area contributed by atoms with E-state index in [1.165, 1.54) is 52.0 Å². The van der Waals surface area contributed by atoms with Gasteiger partial charge in [-0.15, -0.1) is 0 Å². The van der Waals surface area contributed by atoms with Crippen LogP contribution in [0.15, 0.2) is 54.6 Å². The molecular weight excluding hydrogens is 975 g/mol. The summed E-state index contributed by atoms with van der Waals surface area (Å²) in [6.45, 7) is 8.39. The van der Waals surface area contributed by atoms with Gasteiger partial charge in [-0.2, -0.15) is 0 Å². The average molecular weight is 1040 g/mol. The van der Waals surface area contributed by atoms with Crippen LogP contribution in [0.1, 0.15) is 116 Å². The van der Waals surface area contributed by atoms with Crippen LogP contribution in [0.25, 0.3) is 0 Å². The Balaban J connectivity index is 0.000000362. The molecule has 0 aliphatic heterocycles. The zero-order chi connectivity index (χ0) is 61.0. The van der Waals surface area contributed by atoms with E-state index in [1.54, 1.807) is 24.1 Å². The van der Waals surface area contributed by atoms with Crippen LogP contribution in [0.5, 0.6) is 0 Å². The minimum Gasteiger partial charge on any atom is -0.423 e. The van der Waals surface area contributed by atoms with Crippen LogP contribution in [-0.2, 0) is 16.1 Å². The van der Waals surface area contributed by atoms with E-state index in [9.17, 15) is 24.7 Å². The van der Waals surface area contributed by atoms with Crippen molar-refractivity contribution in [3.05, 3.63) is 60.2 Å². The number of fused-ring (bicyclic) bond motifs is 5. The van der Waals surface area contributed by atoms with Crippen LogP contribution in [0.4, 0.5) is 5.69 Å². The van der Waals surface area contributed by atoms with E-state index in [0.717, 1.165) is 55.5 Å². The van der Waals surface area contributed by atoms with Crippen LogP contribution >= 0.6 is 0 Å². The van der Waals surface area contributed by atoms with Gasteiger partial charge in [-0.3, -0.25) is 9.59 Å². The first-order chi connectivity index (χ1) is 38.7. The number of hydrogen-bond acceptors (Lipinski definition) is 6. The second-order valence-corrected chi connectivity index (χ2v) is 25.5. The number of rotatable bonds is 28. The van der Waals surface area contributed by atoms with Gasteiger partial charge in [0.25, 0.3) is 0 Å². The van der Waals surface area contributed by atoms with Crippen molar-refractivity contribution in [1.29, 1.82) is 0 Å². The quantitative estimate of drug-likeness (QED) is 0.0432. The number of carbonyl (C=O) groups is 2. The Kier molecular flexibility index (Phi) is 29.0. The standard InChI is InChI=1S/C44H66BN3O5.B29/c1-30(36-20-21-37-35-19-18-32-28-34(49)23-25-43(32,2)38(35)24-26-44(36,37)3)17-22-41(50)47-27-11-10-16-40(46-4)42(51)48(33-13-6-5-7-14-33)29-31-12-8-9-15-39(31)45(52)53;1-16-24(17(2)3)28(25(18(4)5)19(6)7)29(26(20(8)9)21(10)11)27(22(12)13)23(14)15/h5-9,12-15,30,32,34-38,40,46,49,52-53H,10-11,16-29H2,1-4H3,(H,47,50);/t30?,32-,34-,35?,36?,37?,38?,40?,43+,44-;/m0./s1. The Morgan fingerprint density at radius 3 is 1.77 bits per heavy atom. The zero-order valence-corrected chi connectivity index (χ0v) is 49.6. The lowest BCUT2D eigenvalue weighted by Crippen LogP contribution is -2.87. The van der Waals surface area contributed by atoms with Gasteiger partial charge in [-0.1, -0.05) is 63.2 Å². The third-order valence-corrected chi connectivity index (χ3v) is 20.7. The van der Waals surface area contributed by atoms with E-state index in [2.05, 4.69) is 31.4 Å². The molecule has 4 aliphatic carbocycles. The second kappa shape index (κ2) is 33.1. The maximum atomic E-state index is 13.9. The Bertz CT molecular complexity index is 2220. The highest BCUT2D eigenvalue weighted by atomic mass is 16.4. The van der Waals surface area contributed by atoms with Gasteiger partial charge in [0.05, 0.1) is 18.7 Å². The summed E-state index contributed by atoms with van der Waals surface area (Å²) in [7, 11) is 91.4. The summed E-state index contributed by atoms with van der Waals surface area (Å²) in [6.07, 6.45) is 2.92. The van der Waals surface area contributed by atoms with E-state index < -0.39 is 96.2 Å². The molecule has 10 atom stereocenters. The number of carbonyl (C=O) groups excluding carboxylic acids is 2. The number of amides is 2. The molecule has 0 heterocycles. The molecule has 4 aliphatic rings. The van der Waals surface area contributed by atoms with Gasteiger partial charge in [0, 0.05) is 225 Å². The van der Waals surface area contributed by atoms with E-state index in [1.807, 2.05) is 42.5 Å². The predicted molar refractivity (Wildman–Crippen MR) is 380 cm³/mol. The highest BCUT2D eigenvalue weighted by Crippen LogP contribution is 2.68. The minimum atomic E-state index is -1.62. The van der Waals surface area contributed by atoms with Crippen molar-refractivity contribution in [1.82, 2.24) is 10.6 Å². The fourth-order valence-electron chi connectivity index (χ4n) is 16.5. The molecule has 2 amide bonds. The summed E-state index contributed by atoms with van der Waals surface area (Å²) in [5.74, 6) is 4.44. The Morgan fingerprint density at radius 2 is 1.22 bits per heavy atom. The number of hydrogen-bond donors (Lipinski definition) is 5. The summed E-state index contributed by atoms with van der Waals surface area (Å²) >= 11 is 0. The molecule has 6 rings (SSSR count). The third kappa shape index (κ3) is 17.7. The summed E-state index contributed by atoms with van der Waals surface area (Å²) < 4.78 is 0. The fraction of sp³-hybridized carbons (Fsp3) is 0.682. The molecule has 2 aromatic rings. The SMILES string of the molecule is CNC(CCCCNC(=O)CCC(C)C1CCC2C3CC[C@H]4C[C@@H](O)CC[C@@]4(C)C3CC[C@@]12C)C(=O)N(Cc1ccccc1B(O)O)c1ccccc1.[B][B]B(B([B])[B])B(B(B([B])[B])B([B])[B])B(B(B([B])[B])B([B])[B])B(B([B])[B])B([B])[B]. The molecule has 6 unspecified atom stereocenters. The highest BCUT2D eigenvalue weighted by Gasteiger charge is 2.61. The van der Waals surface area contributed by atoms with Crippen molar-refractivity contribution in [2.24, 2.45) is 46.3 Å². The maximum absolute atomic E-state index is 13.9. The number of nitrogens with zero attached hydrogens (tertiary/aromatic N) is 1. The number of unbranched alkanes of at least 4 members (excludes halogenated alkanes) is 1. The molecular formula is C44H66B30N3O5. The highest BCUT2D eigenvalue weighted by molar-refractivity contribution is 8.26. The number of nitrogens with one attached hydrogen (secondary N) is 2. The summed E-state index contributed by atoms with van der Waals surface area (Å²) in [5, 5.41) is 36.6. The van der Waals surface area contributed by atoms with Crippen molar-refractivity contribution in [2.45, 2.75) is 129 Å². The molecule has 5 N–H and O–H groups in total. The molecule has 377 valence electrons. The molecule has 31 radical (unpaired) electrons. The first-order valence-corrected chi connectivity index (χ1v) is 30.2. The van der Waals surface area contributed by atoms with Crippen LogP contribution in [0.3, 0.4) is 0 Å². The number of para-hydroxylation sites is 1.